The number of aliphatic carboxylic acids is 1. The van der Waals surface area contributed by atoms with Crippen molar-refractivity contribution in [3.8, 4) is 0 Å². The SMILES string of the molecule is CB1CC(C(=O)O)C1. The highest BCUT2D eigenvalue weighted by Crippen LogP contribution is 2.28. The summed E-state index contributed by atoms with van der Waals surface area (Å²) in [5, 5.41) is 8.35. The zero-order valence-corrected chi connectivity index (χ0v) is 4.92. The van der Waals surface area contributed by atoms with Crippen molar-refractivity contribution in [1.29, 1.82) is 0 Å². The van der Waals surface area contributed by atoms with Crippen LogP contribution in [0.5, 0.6) is 0 Å². The summed E-state index contributed by atoms with van der Waals surface area (Å²) >= 11 is 0. The topological polar surface area (TPSA) is 37.3 Å². The van der Waals surface area contributed by atoms with E-state index < -0.39 is 5.97 Å². The Labute approximate surface area is 49.0 Å². The molecule has 44 valence electrons. The molecule has 1 fully saturated rings. The van der Waals surface area contributed by atoms with E-state index in [0.717, 1.165) is 12.6 Å². The van der Waals surface area contributed by atoms with E-state index in [1.54, 1.807) is 0 Å². The molecule has 1 rings (SSSR count). The molecule has 8 heavy (non-hydrogen) atoms. The maximum absolute atomic E-state index is 10.1. The van der Waals surface area contributed by atoms with Gasteiger partial charge in [-0.3, -0.25) is 4.79 Å². The molecule has 0 amide bonds. The normalized spacial score (nSPS) is 20.4. The first-order valence-electron chi connectivity index (χ1n) is 2.93. The highest BCUT2D eigenvalue weighted by molar-refractivity contribution is 6.61. The molecule has 0 aliphatic carbocycles. The molecule has 0 radical (unpaired) electrons. The highest BCUT2D eigenvalue weighted by atomic mass is 16.4. The third kappa shape index (κ3) is 0.856. The Morgan fingerprint density at radius 2 is 2.25 bits per heavy atom. The first-order valence-corrected chi connectivity index (χ1v) is 2.93. The lowest BCUT2D eigenvalue weighted by Crippen LogP contribution is -2.33. The van der Waals surface area contributed by atoms with Gasteiger partial charge in [-0.25, -0.2) is 0 Å². The van der Waals surface area contributed by atoms with Gasteiger partial charge in [0.1, 0.15) is 6.71 Å². The largest absolute Gasteiger partial charge is 0.481 e. The second kappa shape index (κ2) is 1.80. The molecule has 0 aromatic rings. The molecule has 0 saturated carbocycles. The van der Waals surface area contributed by atoms with E-state index in [2.05, 4.69) is 6.82 Å². The minimum absolute atomic E-state index is 0.0231. The van der Waals surface area contributed by atoms with Gasteiger partial charge in [-0.05, 0) is 0 Å². The monoisotopic (exact) mass is 112 g/mol. The maximum atomic E-state index is 10.1. The molecular formula is C5H9BO2. The number of carboxylic acid groups (broad SMARTS) is 1. The van der Waals surface area contributed by atoms with Gasteiger partial charge in [0, 0.05) is 5.92 Å². The summed E-state index contributed by atoms with van der Waals surface area (Å²) in [6, 6.07) is 0. The molecule has 0 bridgehead atoms. The molecule has 3 heteroatoms. The number of hydrogen-bond donors (Lipinski definition) is 1. The van der Waals surface area contributed by atoms with E-state index in [0.29, 0.717) is 6.71 Å². The van der Waals surface area contributed by atoms with Gasteiger partial charge in [-0.15, -0.1) is 0 Å². The van der Waals surface area contributed by atoms with Gasteiger partial charge in [0.05, 0.1) is 0 Å². The van der Waals surface area contributed by atoms with Crippen molar-refractivity contribution < 1.29 is 9.90 Å². The molecule has 2 nitrogen and oxygen atoms in total. The van der Waals surface area contributed by atoms with Crippen LogP contribution in [0.25, 0.3) is 0 Å². The average Bonchev–Trinajstić information content (AvgIpc) is 1.57. The number of carbonyl (C=O) groups is 1. The summed E-state index contributed by atoms with van der Waals surface area (Å²) in [4.78, 5) is 10.1. The zero-order valence-electron chi connectivity index (χ0n) is 4.92. The molecule has 1 aliphatic rings. The van der Waals surface area contributed by atoms with E-state index in [-0.39, 0.29) is 5.92 Å². The number of rotatable bonds is 1. The smallest absolute Gasteiger partial charge is 0.305 e. The van der Waals surface area contributed by atoms with Crippen molar-refractivity contribution >= 4 is 12.7 Å². The molecule has 0 aromatic heterocycles. The van der Waals surface area contributed by atoms with Crippen LogP contribution in [0.2, 0.25) is 19.5 Å². The van der Waals surface area contributed by atoms with Crippen molar-refractivity contribution in [2.24, 2.45) is 5.92 Å². The fourth-order valence-corrected chi connectivity index (χ4v) is 1.10. The summed E-state index contributed by atoms with van der Waals surface area (Å²) in [6.07, 6.45) is 1.77. The Balaban J connectivity index is 2.25. The quantitative estimate of drug-likeness (QED) is 0.510. The van der Waals surface area contributed by atoms with Crippen molar-refractivity contribution in [2.45, 2.75) is 19.5 Å². The Morgan fingerprint density at radius 1 is 1.75 bits per heavy atom. The summed E-state index contributed by atoms with van der Waals surface area (Å²) in [5.74, 6) is -0.645. The highest BCUT2D eigenvalue weighted by Gasteiger charge is 2.33. The van der Waals surface area contributed by atoms with E-state index in [1.165, 1.54) is 0 Å². The molecule has 0 aromatic carbocycles. The van der Waals surface area contributed by atoms with Gasteiger partial charge in [-0.2, -0.15) is 0 Å². The van der Waals surface area contributed by atoms with E-state index in [4.69, 9.17) is 5.11 Å². The Kier molecular flexibility index (Phi) is 1.28. The van der Waals surface area contributed by atoms with Crippen molar-refractivity contribution in [3.05, 3.63) is 0 Å². The van der Waals surface area contributed by atoms with Crippen LogP contribution in [0.1, 0.15) is 0 Å². The third-order valence-corrected chi connectivity index (χ3v) is 1.72. The van der Waals surface area contributed by atoms with Crippen LogP contribution in [0.3, 0.4) is 0 Å². The van der Waals surface area contributed by atoms with E-state index in [1.807, 2.05) is 0 Å². The number of carboxylic acids is 1. The van der Waals surface area contributed by atoms with Gasteiger partial charge in [-0.1, -0.05) is 19.5 Å². The summed E-state index contributed by atoms with van der Waals surface area (Å²) in [5.41, 5.74) is 0. The minimum atomic E-state index is -0.622. The summed E-state index contributed by atoms with van der Waals surface area (Å²) in [6.45, 7) is 2.73. The van der Waals surface area contributed by atoms with Gasteiger partial charge in [0.25, 0.3) is 0 Å². The van der Waals surface area contributed by atoms with Crippen LogP contribution in [0.4, 0.5) is 0 Å². The predicted octanol–water partition coefficient (Wildman–Crippen LogP) is 0.825. The van der Waals surface area contributed by atoms with Crippen LogP contribution in [-0.4, -0.2) is 17.8 Å². The standard InChI is InChI=1S/C5H9BO2/c1-6-2-4(3-6)5(7)8/h4H,2-3H2,1H3,(H,7,8). The third-order valence-electron chi connectivity index (χ3n) is 1.72. The lowest BCUT2D eigenvalue weighted by Gasteiger charge is -2.25. The average molecular weight is 112 g/mol. The van der Waals surface area contributed by atoms with Crippen molar-refractivity contribution in [3.63, 3.8) is 0 Å². The molecular weight excluding hydrogens is 103 g/mol. The zero-order chi connectivity index (χ0) is 6.15. The molecule has 1 N–H and O–H groups in total. The Morgan fingerprint density at radius 3 is 2.38 bits per heavy atom. The molecule has 0 atom stereocenters. The summed E-state index contributed by atoms with van der Waals surface area (Å²) < 4.78 is 0. The second-order valence-corrected chi connectivity index (χ2v) is 2.61. The van der Waals surface area contributed by atoms with Gasteiger partial charge >= 0.3 is 5.97 Å². The molecule has 1 saturated heterocycles. The lowest BCUT2D eigenvalue weighted by molar-refractivity contribution is -0.141. The van der Waals surface area contributed by atoms with Crippen LogP contribution in [-0.2, 0) is 4.79 Å². The van der Waals surface area contributed by atoms with Crippen molar-refractivity contribution in [2.75, 3.05) is 0 Å². The fourth-order valence-electron chi connectivity index (χ4n) is 1.10. The van der Waals surface area contributed by atoms with Gasteiger partial charge in [0.2, 0.25) is 0 Å². The lowest BCUT2D eigenvalue weighted by atomic mass is 9.33. The Bertz CT molecular complexity index is 107. The molecule has 1 aliphatic heterocycles. The van der Waals surface area contributed by atoms with Crippen LogP contribution < -0.4 is 0 Å². The van der Waals surface area contributed by atoms with E-state index >= 15 is 0 Å². The minimum Gasteiger partial charge on any atom is -0.481 e. The first kappa shape index (κ1) is 5.67. The predicted molar refractivity (Wildman–Crippen MR) is 32.4 cm³/mol. The molecule has 0 spiro atoms. The number of hydrogen-bond acceptors (Lipinski definition) is 1. The molecule has 1 heterocycles. The van der Waals surface area contributed by atoms with Crippen molar-refractivity contribution in [1.82, 2.24) is 0 Å². The van der Waals surface area contributed by atoms with Gasteiger partial charge in [0.15, 0.2) is 0 Å². The first-order chi connectivity index (χ1) is 3.70. The van der Waals surface area contributed by atoms with E-state index in [9.17, 15) is 4.79 Å². The van der Waals surface area contributed by atoms with Crippen LogP contribution >= 0.6 is 0 Å². The summed E-state index contributed by atoms with van der Waals surface area (Å²) in [7, 11) is 0. The van der Waals surface area contributed by atoms with Crippen LogP contribution in [0, 0.1) is 5.92 Å². The fraction of sp³-hybridized carbons (Fsp3) is 0.800. The maximum Gasteiger partial charge on any atom is 0.305 e. The van der Waals surface area contributed by atoms with Crippen LogP contribution in [0.15, 0.2) is 0 Å². The Hall–Kier alpha value is -0.465. The van der Waals surface area contributed by atoms with Gasteiger partial charge < -0.3 is 5.11 Å². The second-order valence-electron chi connectivity index (χ2n) is 2.61. The molecule has 0 unspecified atom stereocenters.